The quantitative estimate of drug-likeness (QED) is 0.655. The van der Waals surface area contributed by atoms with Gasteiger partial charge in [-0.05, 0) is 23.8 Å². The SMILES string of the molecule is FC(F)(F)Cc1cc(Cl)ccc1C(F)(F)F. The summed E-state index contributed by atoms with van der Waals surface area (Å²) >= 11 is 5.36. The van der Waals surface area contributed by atoms with Crippen molar-refractivity contribution < 1.29 is 26.3 Å². The van der Waals surface area contributed by atoms with Gasteiger partial charge in [-0.2, -0.15) is 26.3 Å². The molecule has 0 radical (unpaired) electrons. The maximum absolute atomic E-state index is 12.3. The van der Waals surface area contributed by atoms with E-state index in [0.717, 1.165) is 6.07 Å². The van der Waals surface area contributed by atoms with Crippen LogP contribution < -0.4 is 0 Å². The van der Waals surface area contributed by atoms with Crippen LogP contribution in [0.1, 0.15) is 11.1 Å². The van der Waals surface area contributed by atoms with Crippen molar-refractivity contribution in [3.63, 3.8) is 0 Å². The minimum atomic E-state index is -4.81. The summed E-state index contributed by atoms with van der Waals surface area (Å²) < 4.78 is 73.1. The molecule has 0 bridgehead atoms. The molecule has 0 heterocycles. The van der Waals surface area contributed by atoms with E-state index in [4.69, 9.17) is 11.6 Å². The fourth-order valence-corrected chi connectivity index (χ4v) is 1.40. The van der Waals surface area contributed by atoms with E-state index in [1.54, 1.807) is 0 Å². The molecule has 90 valence electrons. The van der Waals surface area contributed by atoms with Crippen LogP contribution in [0.5, 0.6) is 0 Å². The predicted molar refractivity (Wildman–Crippen MR) is 46.2 cm³/mol. The second kappa shape index (κ2) is 4.16. The summed E-state index contributed by atoms with van der Waals surface area (Å²) in [7, 11) is 0. The smallest absolute Gasteiger partial charge is 0.171 e. The van der Waals surface area contributed by atoms with Gasteiger partial charge in [-0.1, -0.05) is 11.6 Å². The van der Waals surface area contributed by atoms with E-state index >= 15 is 0 Å². The van der Waals surface area contributed by atoms with Crippen molar-refractivity contribution in [3.8, 4) is 0 Å². The first kappa shape index (κ1) is 13.2. The Kier molecular flexibility index (Phi) is 3.42. The number of halogens is 7. The molecule has 0 aliphatic heterocycles. The van der Waals surface area contributed by atoms with Crippen molar-refractivity contribution in [2.75, 3.05) is 0 Å². The van der Waals surface area contributed by atoms with Crippen LogP contribution in [-0.2, 0) is 12.6 Å². The van der Waals surface area contributed by atoms with Gasteiger partial charge in [0.2, 0.25) is 0 Å². The van der Waals surface area contributed by atoms with Crippen LogP contribution >= 0.6 is 11.6 Å². The number of alkyl halides is 6. The van der Waals surface area contributed by atoms with Crippen LogP contribution in [0, 0.1) is 0 Å². The van der Waals surface area contributed by atoms with Gasteiger partial charge < -0.3 is 0 Å². The summed E-state index contributed by atoms with van der Waals surface area (Å²) in [5.41, 5.74) is -2.18. The molecule has 1 aromatic carbocycles. The van der Waals surface area contributed by atoms with E-state index in [0.29, 0.717) is 12.1 Å². The largest absolute Gasteiger partial charge is 0.416 e. The number of hydrogen-bond acceptors (Lipinski definition) is 0. The Morgan fingerprint density at radius 3 is 2.00 bits per heavy atom. The van der Waals surface area contributed by atoms with E-state index in [1.165, 1.54) is 0 Å². The second-order valence-electron chi connectivity index (χ2n) is 3.09. The molecule has 0 saturated heterocycles. The molecular formula is C9H5ClF6. The maximum atomic E-state index is 12.3. The lowest BCUT2D eigenvalue weighted by atomic mass is 10.0. The first-order valence-corrected chi connectivity index (χ1v) is 4.40. The molecule has 0 atom stereocenters. The fourth-order valence-electron chi connectivity index (χ4n) is 1.20. The van der Waals surface area contributed by atoms with E-state index < -0.39 is 29.9 Å². The van der Waals surface area contributed by atoms with Gasteiger partial charge in [-0.25, -0.2) is 0 Å². The minimum absolute atomic E-state index is 0.160. The molecule has 0 spiro atoms. The van der Waals surface area contributed by atoms with Gasteiger partial charge in [-0.3, -0.25) is 0 Å². The molecule has 1 rings (SSSR count). The van der Waals surface area contributed by atoms with Crippen LogP contribution in [0.2, 0.25) is 5.02 Å². The summed E-state index contributed by atoms with van der Waals surface area (Å²) in [5, 5.41) is -0.160. The average Bonchev–Trinajstić information content (AvgIpc) is 1.97. The highest BCUT2D eigenvalue weighted by molar-refractivity contribution is 6.30. The van der Waals surface area contributed by atoms with Gasteiger partial charge in [0.25, 0.3) is 0 Å². The van der Waals surface area contributed by atoms with Crippen LogP contribution in [0.3, 0.4) is 0 Å². The third-order valence-corrected chi connectivity index (χ3v) is 2.00. The lowest BCUT2D eigenvalue weighted by Crippen LogP contribution is -2.17. The zero-order valence-corrected chi connectivity index (χ0v) is 8.34. The first-order chi connectivity index (χ1) is 7.09. The van der Waals surface area contributed by atoms with Gasteiger partial charge in [-0.15, -0.1) is 0 Å². The Hall–Kier alpha value is -0.910. The Morgan fingerprint density at radius 1 is 1.00 bits per heavy atom. The highest BCUT2D eigenvalue weighted by Gasteiger charge is 2.37. The summed E-state index contributed by atoms with van der Waals surface area (Å²) in [6, 6.07) is 2.13. The van der Waals surface area contributed by atoms with Gasteiger partial charge in [0.1, 0.15) is 0 Å². The van der Waals surface area contributed by atoms with Crippen molar-refractivity contribution in [2.24, 2.45) is 0 Å². The third kappa shape index (κ3) is 3.59. The van der Waals surface area contributed by atoms with Crippen molar-refractivity contribution in [1.82, 2.24) is 0 Å². The van der Waals surface area contributed by atoms with E-state index in [2.05, 4.69) is 0 Å². The lowest BCUT2D eigenvalue weighted by Gasteiger charge is -2.14. The van der Waals surface area contributed by atoms with Crippen LogP contribution in [0.15, 0.2) is 18.2 Å². The number of rotatable bonds is 1. The topological polar surface area (TPSA) is 0 Å². The van der Waals surface area contributed by atoms with Crippen molar-refractivity contribution in [1.29, 1.82) is 0 Å². The molecular weight excluding hydrogens is 258 g/mol. The molecule has 0 saturated carbocycles. The molecule has 16 heavy (non-hydrogen) atoms. The van der Waals surface area contributed by atoms with Crippen molar-refractivity contribution in [3.05, 3.63) is 34.3 Å². The van der Waals surface area contributed by atoms with Gasteiger partial charge in [0, 0.05) is 5.02 Å². The molecule has 0 aromatic heterocycles. The molecule has 0 aliphatic rings. The molecule has 1 aromatic rings. The van der Waals surface area contributed by atoms with Crippen molar-refractivity contribution >= 4 is 11.6 Å². The van der Waals surface area contributed by atoms with Crippen LogP contribution in [0.4, 0.5) is 26.3 Å². The normalized spacial score (nSPS) is 12.9. The zero-order valence-electron chi connectivity index (χ0n) is 7.58. The van der Waals surface area contributed by atoms with E-state index in [-0.39, 0.29) is 5.02 Å². The molecule has 0 fully saturated rings. The molecule has 7 heteroatoms. The number of benzene rings is 1. The zero-order chi connectivity index (χ0) is 12.6. The Labute approximate surface area is 91.8 Å². The Morgan fingerprint density at radius 2 is 1.56 bits per heavy atom. The highest BCUT2D eigenvalue weighted by Crippen LogP contribution is 2.35. The monoisotopic (exact) mass is 262 g/mol. The highest BCUT2D eigenvalue weighted by atomic mass is 35.5. The van der Waals surface area contributed by atoms with Gasteiger partial charge in [0.15, 0.2) is 0 Å². The van der Waals surface area contributed by atoms with Crippen LogP contribution in [0.25, 0.3) is 0 Å². The van der Waals surface area contributed by atoms with Gasteiger partial charge in [0.05, 0.1) is 12.0 Å². The summed E-state index contributed by atoms with van der Waals surface area (Å²) in [6.45, 7) is 0. The second-order valence-corrected chi connectivity index (χ2v) is 3.53. The molecule has 0 aliphatic carbocycles. The summed E-state index contributed by atoms with van der Waals surface area (Å²) in [6.07, 6.45) is -11.2. The standard InChI is InChI=1S/C9H5ClF6/c10-6-1-2-7(9(14,15)16)5(3-6)4-8(11,12)13/h1-3H,4H2. The van der Waals surface area contributed by atoms with Gasteiger partial charge >= 0.3 is 12.4 Å². The Bertz CT molecular complexity index is 379. The Balaban J connectivity index is 3.19. The molecule has 0 N–H and O–H groups in total. The third-order valence-electron chi connectivity index (χ3n) is 1.76. The van der Waals surface area contributed by atoms with Crippen LogP contribution in [-0.4, -0.2) is 6.18 Å². The predicted octanol–water partition coefficient (Wildman–Crippen LogP) is 4.46. The molecule has 0 nitrogen and oxygen atoms in total. The first-order valence-electron chi connectivity index (χ1n) is 4.02. The lowest BCUT2D eigenvalue weighted by molar-refractivity contribution is -0.143. The fraction of sp³-hybridized carbons (Fsp3) is 0.333. The average molecular weight is 263 g/mol. The van der Waals surface area contributed by atoms with E-state index in [1.807, 2.05) is 0 Å². The maximum Gasteiger partial charge on any atom is 0.416 e. The number of hydrogen-bond donors (Lipinski definition) is 0. The minimum Gasteiger partial charge on any atom is -0.171 e. The van der Waals surface area contributed by atoms with Crippen molar-refractivity contribution in [2.45, 2.75) is 18.8 Å². The summed E-state index contributed by atoms with van der Waals surface area (Å²) in [4.78, 5) is 0. The molecule has 0 unspecified atom stereocenters. The molecule has 0 amide bonds. The van der Waals surface area contributed by atoms with E-state index in [9.17, 15) is 26.3 Å². The summed E-state index contributed by atoms with van der Waals surface area (Å²) in [5.74, 6) is 0.